The summed E-state index contributed by atoms with van der Waals surface area (Å²) in [6, 6.07) is 7.85. The second kappa shape index (κ2) is 6.56. The van der Waals surface area contributed by atoms with Crippen molar-refractivity contribution in [2.75, 3.05) is 5.75 Å². The van der Waals surface area contributed by atoms with Crippen molar-refractivity contribution in [1.82, 2.24) is 10.1 Å². The van der Waals surface area contributed by atoms with Crippen LogP contribution in [0, 0.1) is 12.8 Å². The molecule has 0 bridgehead atoms. The van der Waals surface area contributed by atoms with Gasteiger partial charge in [-0.3, -0.25) is 4.79 Å². The maximum Gasteiger partial charge on any atom is 0.307 e. The Morgan fingerprint density at radius 3 is 3.00 bits per heavy atom. The number of rotatable bonds is 6. The summed E-state index contributed by atoms with van der Waals surface area (Å²) in [5, 5.41) is 12.7. The van der Waals surface area contributed by atoms with Crippen LogP contribution in [-0.2, 0) is 10.5 Å². The van der Waals surface area contributed by atoms with Gasteiger partial charge in [0.05, 0.1) is 11.7 Å². The Bertz CT molecular complexity index is 598. The van der Waals surface area contributed by atoms with E-state index in [1.54, 1.807) is 6.92 Å². The van der Waals surface area contributed by atoms with E-state index in [1.165, 1.54) is 11.8 Å². The van der Waals surface area contributed by atoms with Crippen LogP contribution in [0.2, 0.25) is 0 Å². The number of hydrogen-bond acceptors (Lipinski definition) is 5. The summed E-state index contributed by atoms with van der Waals surface area (Å²) in [6.07, 6.45) is 0. The fourth-order valence-electron chi connectivity index (χ4n) is 1.61. The van der Waals surface area contributed by atoms with E-state index in [4.69, 9.17) is 9.63 Å². The molecule has 5 nitrogen and oxygen atoms in total. The number of thioether (sulfide) groups is 1. The van der Waals surface area contributed by atoms with Gasteiger partial charge in [0.2, 0.25) is 0 Å². The molecule has 2 rings (SSSR count). The van der Waals surface area contributed by atoms with Crippen molar-refractivity contribution in [3.8, 4) is 11.5 Å². The normalized spacial score (nSPS) is 12.3. The lowest BCUT2D eigenvalue weighted by Gasteiger charge is -2.02. The number of aromatic nitrogens is 2. The average molecular weight is 292 g/mol. The third-order valence-corrected chi connectivity index (χ3v) is 3.95. The third kappa shape index (κ3) is 3.84. The van der Waals surface area contributed by atoms with Gasteiger partial charge in [-0.25, -0.2) is 0 Å². The van der Waals surface area contributed by atoms with Crippen LogP contribution in [0.15, 0.2) is 28.8 Å². The molecule has 1 heterocycles. The molecule has 1 aromatic carbocycles. The Hall–Kier alpha value is -1.82. The second-order valence-electron chi connectivity index (χ2n) is 4.64. The predicted octanol–water partition coefficient (Wildman–Crippen LogP) is 3.00. The number of nitrogens with zero attached hydrogens (tertiary/aromatic N) is 2. The first-order chi connectivity index (χ1) is 9.56. The Balaban J connectivity index is 1.94. The van der Waals surface area contributed by atoms with Crippen LogP contribution in [0.25, 0.3) is 11.5 Å². The number of carboxylic acids is 1. The van der Waals surface area contributed by atoms with Crippen LogP contribution in [0.5, 0.6) is 0 Å². The van der Waals surface area contributed by atoms with E-state index in [-0.39, 0.29) is 5.92 Å². The molecule has 20 heavy (non-hydrogen) atoms. The smallest absolute Gasteiger partial charge is 0.307 e. The van der Waals surface area contributed by atoms with Crippen molar-refractivity contribution in [1.29, 1.82) is 0 Å². The molecule has 0 saturated heterocycles. The maximum absolute atomic E-state index is 10.7. The molecule has 6 heteroatoms. The van der Waals surface area contributed by atoms with Crippen LogP contribution in [0.1, 0.15) is 18.3 Å². The van der Waals surface area contributed by atoms with Gasteiger partial charge in [0.15, 0.2) is 5.82 Å². The standard InChI is InChI=1S/C14H16N2O3S/c1-9-4-3-5-11(6-9)13-15-12(16-19-13)8-20-7-10(2)14(17)18/h3-6,10H,7-8H2,1-2H3,(H,17,18). The lowest BCUT2D eigenvalue weighted by molar-refractivity contribution is -0.140. The topological polar surface area (TPSA) is 76.2 Å². The molecule has 2 aromatic rings. The zero-order chi connectivity index (χ0) is 14.5. The fraction of sp³-hybridized carbons (Fsp3) is 0.357. The van der Waals surface area contributed by atoms with Crippen LogP contribution < -0.4 is 0 Å². The summed E-state index contributed by atoms with van der Waals surface area (Å²) in [4.78, 5) is 15.0. The van der Waals surface area contributed by atoms with E-state index in [2.05, 4.69) is 10.1 Å². The van der Waals surface area contributed by atoms with E-state index < -0.39 is 5.97 Å². The quantitative estimate of drug-likeness (QED) is 0.882. The van der Waals surface area contributed by atoms with Crippen LogP contribution in [-0.4, -0.2) is 27.0 Å². The van der Waals surface area contributed by atoms with Gasteiger partial charge in [-0.1, -0.05) is 29.8 Å². The highest BCUT2D eigenvalue weighted by atomic mass is 32.2. The third-order valence-electron chi connectivity index (χ3n) is 2.75. The second-order valence-corrected chi connectivity index (χ2v) is 5.67. The number of carbonyl (C=O) groups is 1. The van der Waals surface area contributed by atoms with Crippen LogP contribution >= 0.6 is 11.8 Å². The highest BCUT2D eigenvalue weighted by molar-refractivity contribution is 7.98. The zero-order valence-electron chi connectivity index (χ0n) is 11.4. The van der Waals surface area contributed by atoms with Crippen molar-refractivity contribution in [3.05, 3.63) is 35.7 Å². The van der Waals surface area contributed by atoms with E-state index in [0.29, 0.717) is 23.2 Å². The Kier molecular flexibility index (Phi) is 4.79. The minimum atomic E-state index is -0.786. The molecular formula is C14H16N2O3S. The van der Waals surface area contributed by atoms with Crippen molar-refractivity contribution >= 4 is 17.7 Å². The summed E-state index contributed by atoms with van der Waals surface area (Å²) in [5.74, 6) is 1.00. The monoisotopic (exact) mass is 292 g/mol. The minimum absolute atomic E-state index is 0.372. The molecule has 1 atom stereocenters. The first-order valence-electron chi connectivity index (χ1n) is 6.26. The summed E-state index contributed by atoms with van der Waals surface area (Å²) in [6.45, 7) is 3.69. The van der Waals surface area contributed by atoms with E-state index in [1.807, 2.05) is 31.2 Å². The highest BCUT2D eigenvalue weighted by Crippen LogP contribution is 2.20. The van der Waals surface area contributed by atoms with Gasteiger partial charge >= 0.3 is 5.97 Å². The van der Waals surface area contributed by atoms with Gasteiger partial charge in [-0.15, -0.1) is 0 Å². The first kappa shape index (κ1) is 14.6. The summed E-state index contributed by atoms with van der Waals surface area (Å²) in [7, 11) is 0. The fourth-order valence-corrected chi connectivity index (χ4v) is 2.52. The predicted molar refractivity (Wildman–Crippen MR) is 77.4 cm³/mol. The number of carboxylic acid groups (broad SMARTS) is 1. The largest absolute Gasteiger partial charge is 0.481 e. The number of aryl methyl sites for hydroxylation is 1. The summed E-state index contributed by atoms with van der Waals surface area (Å²) >= 11 is 1.49. The molecule has 0 aliphatic heterocycles. The van der Waals surface area contributed by atoms with Gasteiger partial charge < -0.3 is 9.63 Å². The van der Waals surface area contributed by atoms with E-state index >= 15 is 0 Å². The minimum Gasteiger partial charge on any atom is -0.481 e. The number of aliphatic carboxylic acids is 1. The molecule has 1 N–H and O–H groups in total. The van der Waals surface area contributed by atoms with Crippen LogP contribution in [0.3, 0.4) is 0 Å². The van der Waals surface area contributed by atoms with Crippen LogP contribution in [0.4, 0.5) is 0 Å². The molecule has 1 aromatic heterocycles. The van der Waals surface area contributed by atoms with Crippen molar-refractivity contribution in [2.45, 2.75) is 19.6 Å². The molecule has 0 saturated carbocycles. The molecule has 1 unspecified atom stereocenters. The molecule has 0 aliphatic carbocycles. The SMILES string of the molecule is Cc1cccc(-c2nc(CSCC(C)C(=O)O)no2)c1. The Morgan fingerprint density at radius 2 is 2.30 bits per heavy atom. The molecule has 0 fully saturated rings. The van der Waals surface area contributed by atoms with E-state index in [9.17, 15) is 4.79 Å². The van der Waals surface area contributed by atoms with Gasteiger partial charge in [0.25, 0.3) is 5.89 Å². The molecule has 106 valence electrons. The summed E-state index contributed by atoms with van der Waals surface area (Å²) < 4.78 is 5.22. The lowest BCUT2D eigenvalue weighted by Crippen LogP contribution is -2.11. The van der Waals surface area contributed by atoms with Crippen molar-refractivity contribution in [2.24, 2.45) is 5.92 Å². The molecular weight excluding hydrogens is 276 g/mol. The Labute approximate surface area is 121 Å². The number of benzene rings is 1. The average Bonchev–Trinajstić information content (AvgIpc) is 2.87. The van der Waals surface area contributed by atoms with Gasteiger partial charge in [-0.2, -0.15) is 16.7 Å². The number of hydrogen-bond donors (Lipinski definition) is 1. The molecule has 0 radical (unpaired) electrons. The van der Waals surface area contributed by atoms with Crippen molar-refractivity contribution < 1.29 is 14.4 Å². The Morgan fingerprint density at radius 1 is 1.50 bits per heavy atom. The maximum atomic E-state index is 10.7. The zero-order valence-corrected chi connectivity index (χ0v) is 12.2. The van der Waals surface area contributed by atoms with Crippen molar-refractivity contribution in [3.63, 3.8) is 0 Å². The molecule has 0 spiro atoms. The van der Waals surface area contributed by atoms with Gasteiger partial charge in [-0.05, 0) is 19.1 Å². The van der Waals surface area contributed by atoms with Gasteiger partial charge in [0, 0.05) is 11.3 Å². The first-order valence-corrected chi connectivity index (χ1v) is 7.42. The van der Waals surface area contributed by atoms with E-state index in [0.717, 1.165) is 11.1 Å². The van der Waals surface area contributed by atoms with Gasteiger partial charge in [0.1, 0.15) is 0 Å². The molecule has 0 amide bonds. The highest BCUT2D eigenvalue weighted by Gasteiger charge is 2.13. The molecule has 0 aliphatic rings. The lowest BCUT2D eigenvalue weighted by atomic mass is 10.1. The summed E-state index contributed by atoms with van der Waals surface area (Å²) in [5.41, 5.74) is 2.03.